The Morgan fingerprint density at radius 3 is 2.42 bits per heavy atom. The molecule has 0 aromatic heterocycles. The van der Waals surface area contributed by atoms with E-state index >= 15 is 0 Å². The maximum atomic E-state index is 11.6. The van der Waals surface area contributed by atoms with E-state index < -0.39 is 12.0 Å². The van der Waals surface area contributed by atoms with Crippen LogP contribution in [0.2, 0.25) is 0 Å². The van der Waals surface area contributed by atoms with Gasteiger partial charge >= 0.3 is 5.97 Å². The Kier molecular flexibility index (Phi) is 5.71. The molecule has 0 spiro atoms. The summed E-state index contributed by atoms with van der Waals surface area (Å²) in [5, 5.41) is 18.6. The fraction of sp³-hybridized carbons (Fsp3) is 0.435. The summed E-state index contributed by atoms with van der Waals surface area (Å²) in [5.41, 5.74) is 5.06. The van der Waals surface area contributed by atoms with Crippen LogP contribution >= 0.6 is 0 Å². The zero-order chi connectivity index (χ0) is 22.1. The van der Waals surface area contributed by atoms with Crippen molar-refractivity contribution in [2.75, 3.05) is 54.3 Å². The predicted octanol–water partition coefficient (Wildman–Crippen LogP) is 4.15. The molecule has 0 saturated carbocycles. The van der Waals surface area contributed by atoms with Crippen LogP contribution in [0.4, 0.5) is 28.4 Å². The first-order chi connectivity index (χ1) is 14.9. The number of carboxylic acid groups (broad SMARTS) is 1. The molecule has 2 aromatic rings. The summed E-state index contributed by atoms with van der Waals surface area (Å²) in [7, 11) is 8.11. The van der Waals surface area contributed by atoms with Gasteiger partial charge in [-0.3, -0.25) is 0 Å². The third kappa shape index (κ3) is 4.02. The third-order valence-corrected chi connectivity index (χ3v) is 6.17. The van der Waals surface area contributed by atoms with Gasteiger partial charge in [-0.2, -0.15) is 5.11 Å². The molecule has 8 nitrogen and oxygen atoms in total. The average molecular weight is 423 g/mol. The van der Waals surface area contributed by atoms with E-state index in [1.165, 1.54) is 0 Å². The standard InChI is InChI=1S/C23H30N6O2/c1-26(2)18-12-13-19-21(15-18)28(4)23(27(19)3)25-24-16-8-10-17(11-9-16)29-14-6-5-7-20(29)22(30)31/h8-13,15,20,23H,5-7,14H2,1-4H3,(H,30,31). The molecule has 0 aliphatic carbocycles. The van der Waals surface area contributed by atoms with Crippen LogP contribution < -0.4 is 19.6 Å². The van der Waals surface area contributed by atoms with Crippen molar-refractivity contribution >= 4 is 34.4 Å². The quantitative estimate of drug-likeness (QED) is 0.730. The summed E-state index contributed by atoms with van der Waals surface area (Å²) in [6.45, 7) is 0.767. The number of hydrogen-bond acceptors (Lipinski definition) is 7. The Hall–Kier alpha value is -3.29. The van der Waals surface area contributed by atoms with Crippen molar-refractivity contribution in [3.05, 3.63) is 42.5 Å². The van der Waals surface area contributed by atoms with Gasteiger partial charge < -0.3 is 24.7 Å². The van der Waals surface area contributed by atoms with E-state index in [1.54, 1.807) is 0 Å². The summed E-state index contributed by atoms with van der Waals surface area (Å²) >= 11 is 0. The summed E-state index contributed by atoms with van der Waals surface area (Å²) in [6, 6.07) is 13.6. The second-order valence-corrected chi connectivity index (χ2v) is 8.41. The molecular formula is C23H30N6O2. The van der Waals surface area contributed by atoms with E-state index in [-0.39, 0.29) is 6.29 Å². The van der Waals surface area contributed by atoms with Crippen LogP contribution in [0.15, 0.2) is 52.7 Å². The number of benzene rings is 2. The van der Waals surface area contributed by atoms with Gasteiger partial charge in [-0.25, -0.2) is 4.79 Å². The van der Waals surface area contributed by atoms with Gasteiger partial charge in [0.25, 0.3) is 0 Å². The van der Waals surface area contributed by atoms with Crippen LogP contribution in [0, 0.1) is 0 Å². The van der Waals surface area contributed by atoms with Crippen molar-refractivity contribution in [2.24, 2.45) is 10.2 Å². The number of rotatable bonds is 5. The minimum absolute atomic E-state index is 0.217. The Morgan fingerprint density at radius 2 is 1.74 bits per heavy atom. The summed E-state index contributed by atoms with van der Waals surface area (Å²) in [4.78, 5) is 19.9. The fourth-order valence-electron chi connectivity index (χ4n) is 4.36. The Balaban J connectivity index is 1.49. The lowest BCUT2D eigenvalue weighted by atomic mass is 10.0. The van der Waals surface area contributed by atoms with Gasteiger partial charge in [-0.15, -0.1) is 5.11 Å². The van der Waals surface area contributed by atoms with Gasteiger partial charge in [0.1, 0.15) is 6.04 Å². The van der Waals surface area contributed by atoms with Gasteiger partial charge in [0.2, 0.25) is 6.29 Å². The molecule has 164 valence electrons. The van der Waals surface area contributed by atoms with Crippen molar-refractivity contribution in [3.8, 4) is 0 Å². The van der Waals surface area contributed by atoms with E-state index in [0.717, 1.165) is 47.8 Å². The topological polar surface area (TPSA) is 75.0 Å². The van der Waals surface area contributed by atoms with Crippen molar-refractivity contribution < 1.29 is 9.90 Å². The lowest BCUT2D eigenvalue weighted by molar-refractivity contribution is -0.139. The number of nitrogens with zero attached hydrogens (tertiary/aromatic N) is 6. The number of anilines is 4. The second kappa shape index (κ2) is 8.45. The number of aliphatic carboxylic acids is 1. The molecule has 1 saturated heterocycles. The molecule has 1 fully saturated rings. The van der Waals surface area contributed by atoms with E-state index in [4.69, 9.17) is 0 Å². The highest BCUT2D eigenvalue weighted by Crippen LogP contribution is 2.40. The number of carboxylic acids is 1. The van der Waals surface area contributed by atoms with Crippen LogP contribution in [0.25, 0.3) is 0 Å². The molecule has 31 heavy (non-hydrogen) atoms. The average Bonchev–Trinajstić information content (AvgIpc) is 3.02. The number of azo groups is 1. The second-order valence-electron chi connectivity index (χ2n) is 8.41. The smallest absolute Gasteiger partial charge is 0.326 e. The van der Waals surface area contributed by atoms with E-state index in [0.29, 0.717) is 6.42 Å². The van der Waals surface area contributed by atoms with E-state index in [1.807, 2.05) is 57.4 Å². The summed E-state index contributed by atoms with van der Waals surface area (Å²) < 4.78 is 0. The maximum Gasteiger partial charge on any atom is 0.326 e. The molecule has 2 heterocycles. The maximum absolute atomic E-state index is 11.6. The fourth-order valence-corrected chi connectivity index (χ4v) is 4.36. The van der Waals surface area contributed by atoms with Crippen LogP contribution in [0.5, 0.6) is 0 Å². The highest BCUT2D eigenvalue weighted by Gasteiger charge is 2.32. The molecule has 0 amide bonds. The molecule has 0 radical (unpaired) electrons. The van der Waals surface area contributed by atoms with Crippen molar-refractivity contribution in [2.45, 2.75) is 31.6 Å². The molecule has 2 atom stereocenters. The Labute approximate surface area is 183 Å². The lowest BCUT2D eigenvalue weighted by Crippen LogP contribution is -2.44. The van der Waals surface area contributed by atoms with Crippen molar-refractivity contribution in [3.63, 3.8) is 0 Å². The van der Waals surface area contributed by atoms with Crippen LogP contribution in [-0.4, -0.2) is 58.1 Å². The molecule has 0 bridgehead atoms. The molecule has 4 rings (SSSR count). The van der Waals surface area contributed by atoms with Crippen LogP contribution in [0.3, 0.4) is 0 Å². The minimum Gasteiger partial charge on any atom is -0.480 e. The third-order valence-electron chi connectivity index (χ3n) is 6.17. The number of fused-ring (bicyclic) bond motifs is 1. The molecule has 2 aliphatic rings. The molecule has 1 N–H and O–H groups in total. The molecule has 2 aliphatic heterocycles. The van der Waals surface area contributed by atoms with Crippen molar-refractivity contribution in [1.82, 2.24) is 0 Å². The largest absolute Gasteiger partial charge is 0.480 e. The molecular weight excluding hydrogens is 392 g/mol. The number of carbonyl (C=O) groups is 1. The van der Waals surface area contributed by atoms with E-state index in [9.17, 15) is 9.90 Å². The lowest BCUT2D eigenvalue weighted by Gasteiger charge is -2.34. The van der Waals surface area contributed by atoms with Gasteiger partial charge in [0.05, 0.1) is 17.1 Å². The minimum atomic E-state index is -0.757. The molecule has 2 aromatic carbocycles. The Bertz CT molecular complexity index is 975. The predicted molar refractivity (Wildman–Crippen MR) is 125 cm³/mol. The normalized spacial score (nSPS) is 21.0. The Morgan fingerprint density at radius 1 is 1.03 bits per heavy atom. The SMILES string of the molecule is CN(C)c1ccc2c(c1)N(C)C(N=Nc1ccc(N3CCCCC3C(=O)O)cc1)N2C. The zero-order valence-electron chi connectivity index (χ0n) is 18.6. The van der Waals surface area contributed by atoms with Gasteiger partial charge in [-0.05, 0) is 61.7 Å². The van der Waals surface area contributed by atoms with E-state index in [2.05, 4.69) is 43.1 Å². The first-order valence-corrected chi connectivity index (χ1v) is 10.6. The summed E-state index contributed by atoms with van der Waals surface area (Å²) in [5.74, 6) is -0.757. The van der Waals surface area contributed by atoms with Crippen LogP contribution in [0.1, 0.15) is 19.3 Å². The first kappa shape index (κ1) is 21.0. The monoisotopic (exact) mass is 422 g/mol. The first-order valence-electron chi connectivity index (χ1n) is 10.6. The van der Waals surface area contributed by atoms with Crippen molar-refractivity contribution in [1.29, 1.82) is 0 Å². The number of hydrogen-bond donors (Lipinski definition) is 1. The molecule has 8 heteroatoms. The van der Waals surface area contributed by atoms with Crippen LogP contribution in [-0.2, 0) is 4.79 Å². The van der Waals surface area contributed by atoms with Gasteiger partial charge in [0.15, 0.2) is 0 Å². The highest BCUT2D eigenvalue weighted by molar-refractivity contribution is 5.80. The van der Waals surface area contributed by atoms with Gasteiger partial charge in [0, 0.05) is 46.1 Å². The summed E-state index contributed by atoms with van der Waals surface area (Å²) in [6.07, 6.45) is 2.45. The van der Waals surface area contributed by atoms with Gasteiger partial charge in [-0.1, -0.05) is 0 Å². The zero-order valence-corrected chi connectivity index (χ0v) is 18.6. The number of piperidine rings is 1. The highest BCUT2D eigenvalue weighted by atomic mass is 16.4. The molecule has 2 unspecified atom stereocenters.